The Hall–Kier alpha value is -1.32. The van der Waals surface area contributed by atoms with E-state index in [4.69, 9.17) is 0 Å². The summed E-state index contributed by atoms with van der Waals surface area (Å²) in [6.45, 7) is 7.50. The summed E-state index contributed by atoms with van der Waals surface area (Å²) in [7, 11) is 0. The zero-order valence-corrected chi connectivity index (χ0v) is 12.7. The van der Waals surface area contributed by atoms with Gasteiger partial charge in [-0.3, -0.25) is 0 Å². The fourth-order valence-corrected chi connectivity index (χ4v) is 3.90. The Labute approximate surface area is 122 Å². The highest BCUT2D eigenvalue weighted by molar-refractivity contribution is 5.58. The first-order valence-corrected chi connectivity index (χ1v) is 8.10. The van der Waals surface area contributed by atoms with Crippen LogP contribution >= 0.6 is 0 Å². The van der Waals surface area contributed by atoms with Crippen molar-refractivity contribution in [1.82, 2.24) is 9.97 Å². The van der Waals surface area contributed by atoms with Crippen molar-refractivity contribution in [3.8, 4) is 0 Å². The summed E-state index contributed by atoms with van der Waals surface area (Å²) < 4.78 is 0. The minimum Gasteiger partial charge on any atom is -0.370 e. The van der Waals surface area contributed by atoms with Crippen molar-refractivity contribution in [1.29, 1.82) is 0 Å². The van der Waals surface area contributed by atoms with Crippen LogP contribution in [0, 0.1) is 18.8 Å². The highest BCUT2D eigenvalue weighted by Gasteiger charge is 2.32. The third-order valence-corrected chi connectivity index (χ3v) is 4.99. The van der Waals surface area contributed by atoms with E-state index in [0.29, 0.717) is 0 Å². The first kappa shape index (κ1) is 13.7. The van der Waals surface area contributed by atoms with Crippen LogP contribution < -0.4 is 10.2 Å². The van der Waals surface area contributed by atoms with Crippen molar-refractivity contribution in [2.75, 3.05) is 29.9 Å². The van der Waals surface area contributed by atoms with E-state index in [2.05, 4.69) is 34.0 Å². The molecule has 3 rings (SSSR count). The van der Waals surface area contributed by atoms with E-state index in [1.54, 1.807) is 6.33 Å². The third kappa shape index (κ3) is 2.60. The molecule has 2 heterocycles. The maximum Gasteiger partial charge on any atom is 0.137 e. The summed E-state index contributed by atoms with van der Waals surface area (Å²) in [5, 5.41) is 3.33. The van der Waals surface area contributed by atoms with Gasteiger partial charge in [0, 0.05) is 25.2 Å². The van der Waals surface area contributed by atoms with E-state index in [1.165, 1.54) is 44.2 Å². The molecule has 1 saturated heterocycles. The Balaban J connectivity index is 1.77. The standard InChI is InChI=1S/C16H26N4/c1-3-17-15-12(2)16(19-11-18-15)20-9-8-13-6-4-5-7-14(13)10-20/h11,13-14H,3-10H2,1-2H3,(H,17,18,19). The Bertz CT molecular complexity index is 460. The number of fused-ring (bicyclic) bond motifs is 1. The zero-order chi connectivity index (χ0) is 13.9. The normalized spacial score (nSPS) is 26.2. The molecule has 110 valence electrons. The SMILES string of the molecule is CCNc1ncnc(N2CCC3CCCCC3C2)c1C. The molecule has 2 aliphatic rings. The van der Waals surface area contributed by atoms with Crippen molar-refractivity contribution < 1.29 is 0 Å². The van der Waals surface area contributed by atoms with E-state index in [9.17, 15) is 0 Å². The fourth-order valence-electron chi connectivity index (χ4n) is 3.90. The molecule has 4 heteroatoms. The largest absolute Gasteiger partial charge is 0.370 e. The molecule has 2 fully saturated rings. The number of hydrogen-bond acceptors (Lipinski definition) is 4. The van der Waals surface area contributed by atoms with E-state index in [0.717, 1.165) is 36.6 Å². The maximum atomic E-state index is 4.56. The van der Waals surface area contributed by atoms with E-state index in [-0.39, 0.29) is 0 Å². The van der Waals surface area contributed by atoms with Crippen LogP contribution in [0.3, 0.4) is 0 Å². The lowest BCUT2D eigenvalue weighted by atomic mass is 9.75. The highest BCUT2D eigenvalue weighted by atomic mass is 15.2. The Morgan fingerprint density at radius 3 is 2.80 bits per heavy atom. The molecule has 1 saturated carbocycles. The molecule has 2 unspecified atom stereocenters. The van der Waals surface area contributed by atoms with E-state index in [1.807, 2.05) is 0 Å². The second kappa shape index (κ2) is 5.98. The van der Waals surface area contributed by atoms with Gasteiger partial charge in [0.2, 0.25) is 0 Å². The molecule has 1 N–H and O–H groups in total. The summed E-state index contributed by atoms with van der Waals surface area (Å²) in [5.74, 6) is 3.98. The molecule has 0 radical (unpaired) electrons. The molecule has 2 atom stereocenters. The van der Waals surface area contributed by atoms with Crippen molar-refractivity contribution >= 4 is 11.6 Å². The molecule has 0 amide bonds. The molecule has 1 aromatic rings. The van der Waals surface area contributed by atoms with Crippen LogP contribution in [-0.4, -0.2) is 29.6 Å². The van der Waals surface area contributed by atoms with Gasteiger partial charge in [0.25, 0.3) is 0 Å². The van der Waals surface area contributed by atoms with Crippen LogP contribution in [0.5, 0.6) is 0 Å². The number of nitrogens with one attached hydrogen (secondary N) is 1. The lowest BCUT2D eigenvalue weighted by molar-refractivity contribution is 0.202. The average molecular weight is 274 g/mol. The minimum absolute atomic E-state index is 0.884. The van der Waals surface area contributed by atoms with Gasteiger partial charge >= 0.3 is 0 Å². The van der Waals surface area contributed by atoms with Crippen molar-refractivity contribution in [3.63, 3.8) is 0 Å². The van der Waals surface area contributed by atoms with Crippen LogP contribution in [0.2, 0.25) is 0 Å². The zero-order valence-electron chi connectivity index (χ0n) is 12.7. The maximum absolute atomic E-state index is 4.56. The van der Waals surface area contributed by atoms with Crippen molar-refractivity contribution in [3.05, 3.63) is 11.9 Å². The monoisotopic (exact) mass is 274 g/mol. The van der Waals surface area contributed by atoms with Crippen molar-refractivity contribution in [2.45, 2.75) is 46.0 Å². The second-order valence-corrected chi connectivity index (χ2v) is 6.24. The minimum atomic E-state index is 0.884. The molecule has 1 aliphatic heterocycles. The van der Waals surface area contributed by atoms with Crippen LogP contribution in [0.1, 0.15) is 44.6 Å². The van der Waals surface area contributed by atoms with Crippen LogP contribution in [0.15, 0.2) is 6.33 Å². The lowest BCUT2D eigenvalue weighted by Gasteiger charge is -2.42. The van der Waals surface area contributed by atoms with Gasteiger partial charge in [-0.2, -0.15) is 0 Å². The Morgan fingerprint density at radius 2 is 2.00 bits per heavy atom. The van der Waals surface area contributed by atoms with Gasteiger partial charge in [0.15, 0.2) is 0 Å². The molecular formula is C16H26N4. The fraction of sp³-hybridized carbons (Fsp3) is 0.750. The molecule has 1 aliphatic carbocycles. The first-order chi connectivity index (χ1) is 9.79. The summed E-state index contributed by atoms with van der Waals surface area (Å²) in [4.78, 5) is 11.4. The first-order valence-electron chi connectivity index (χ1n) is 8.10. The lowest BCUT2D eigenvalue weighted by Crippen LogP contribution is -2.42. The van der Waals surface area contributed by atoms with Gasteiger partial charge < -0.3 is 10.2 Å². The van der Waals surface area contributed by atoms with Crippen LogP contribution in [0.4, 0.5) is 11.6 Å². The number of piperidine rings is 1. The molecule has 0 spiro atoms. The van der Waals surface area contributed by atoms with E-state index < -0.39 is 0 Å². The smallest absolute Gasteiger partial charge is 0.137 e. The molecule has 20 heavy (non-hydrogen) atoms. The molecule has 0 bridgehead atoms. The molecular weight excluding hydrogens is 248 g/mol. The number of anilines is 2. The highest BCUT2D eigenvalue weighted by Crippen LogP contribution is 2.38. The number of rotatable bonds is 3. The van der Waals surface area contributed by atoms with Crippen LogP contribution in [-0.2, 0) is 0 Å². The second-order valence-electron chi connectivity index (χ2n) is 6.24. The quantitative estimate of drug-likeness (QED) is 0.918. The summed E-state index contributed by atoms with van der Waals surface area (Å²) in [5.41, 5.74) is 1.20. The number of nitrogens with zero attached hydrogens (tertiary/aromatic N) is 3. The van der Waals surface area contributed by atoms with Crippen LogP contribution in [0.25, 0.3) is 0 Å². The Morgan fingerprint density at radius 1 is 1.20 bits per heavy atom. The molecule has 0 aromatic carbocycles. The van der Waals surface area contributed by atoms with Crippen molar-refractivity contribution in [2.24, 2.45) is 11.8 Å². The summed E-state index contributed by atoms with van der Waals surface area (Å²) >= 11 is 0. The molecule has 1 aromatic heterocycles. The summed E-state index contributed by atoms with van der Waals surface area (Å²) in [6.07, 6.45) is 8.76. The van der Waals surface area contributed by atoms with Gasteiger partial charge in [-0.1, -0.05) is 19.3 Å². The van der Waals surface area contributed by atoms with Gasteiger partial charge in [0.1, 0.15) is 18.0 Å². The number of aromatic nitrogens is 2. The molecule has 4 nitrogen and oxygen atoms in total. The van der Waals surface area contributed by atoms with Gasteiger partial charge in [0.05, 0.1) is 0 Å². The van der Waals surface area contributed by atoms with Gasteiger partial charge in [-0.25, -0.2) is 9.97 Å². The van der Waals surface area contributed by atoms with Gasteiger partial charge in [-0.05, 0) is 38.5 Å². The predicted octanol–water partition coefficient (Wildman–Crippen LogP) is 3.23. The predicted molar refractivity (Wildman–Crippen MR) is 83.2 cm³/mol. The summed E-state index contributed by atoms with van der Waals surface area (Å²) in [6, 6.07) is 0. The topological polar surface area (TPSA) is 41.1 Å². The number of hydrogen-bond donors (Lipinski definition) is 1. The van der Waals surface area contributed by atoms with E-state index >= 15 is 0 Å². The third-order valence-electron chi connectivity index (χ3n) is 4.99. The average Bonchev–Trinajstić information content (AvgIpc) is 2.49. The Kier molecular flexibility index (Phi) is 4.08. The van der Waals surface area contributed by atoms with Gasteiger partial charge in [-0.15, -0.1) is 0 Å².